The third kappa shape index (κ3) is 5.38. The highest BCUT2D eigenvalue weighted by Crippen LogP contribution is 2.27. The molecule has 1 N–H and O–H groups in total. The largest absolute Gasteiger partial charge is 0.491 e. The van der Waals surface area contributed by atoms with Crippen LogP contribution in [-0.2, 0) is 4.79 Å². The molecule has 0 atom stereocenters. The SMILES string of the molecule is O=C(O)CC1CCN(CCOc2ccc(Cl)cc2Cl)CC1. The first kappa shape index (κ1) is 16.4. The summed E-state index contributed by atoms with van der Waals surface area (Å²) in [5.74, 6) is 0.251. The number of likely N-dealkylation sites (tertiary alicyclic amines) is 1. The van der Waals surface area contributed by atoms with Crippen LogP contribution in [0, 0.1) is 5.92 Å². The highest BCUT2D eigenvalue weighted by Gasteiger charge is 2.21. The minimum Gasteiger partial charge on any atom is -0.491 e. The molecule has 0 saturated carbocycles. The van der Waals surface area contributed by atoms with Crippen molar-refractivity contribution < 1.29 is 14.6 Å². The molecule has 1 fully saturated rings. The van der Waals surface area contributed by atoms with Crippen molar-refractivity contribution in [2.75, 3.05) is 26.2 Å². The Balaban J connectivity index is 1.69. The first-order chi connectivity index (χ1) is 10.0. The van der Waals surface area contributed by atoms with Gasteiger partial charge in [-0.2, -0.15) is 0 Å². The van der Waals surface area contributed by atoms with E-state index in [-0.39, 0.29) is 6.42 Å². The Morgan fingerprint density at radius 1 is 1.33 bits per heavy atom. The van der Waals surface area contributed by atoms with Crippen molar-refractivity contribution in [3.05, 3.63) is 28.2 Å². The molecule has 4 nitrogen and oxygen atoms in total. The summed E-state index contributed by atoms with van der Waals surface area (Å²) in [4.78, 5) is 13.0. The molecule has 0 aliphatic carbocycles. The Morgan fingerprint density at radius 3 is 2.67 bits per heavy atom. The quantitative estimate of drug-likeness (QED) is 0.865. The van der Waals surface area contributed by atoms with E-state index in [1.807, 2.05) is 0 Å². The predicted octanol–water partition coefficient (Wildman–Crippen LogP) is 3.56. The van der Waals surface area contributed by atoms with Crippen LogP contribution in [0.15, 0.2) is 18.2 Å². The fourth-order valence-electron chi connectivity index (χ4n) is 2.54. The van der Waals surface area contributed by atoms with Crippen molar-refractivity contribution in [1.29, 1.82) is 0 Å². The van der Waals surface area contributed by atoms with E-state index in [1.165, 1.54) is 0 Å². The molecule has 1 aromatic carbocycles. The zero-order chi connectivity index (χ0) is 15.2. The summed E-state index contributed by atoms with van der Waals surface area (Å²) in [6.45, 7) is 3.23. The standard InChI is InChI=1S/C15H19Cl2NO3/c16-12-1-2-14(13(17)10-12)21-8-7-18-5-3-11(4-6-18)9-15(19)20/h1-2,10-11H,3-9H2,(H,19,20). The molecule has 1 aliphatic heterocycles. The lowest BCUT2D eigenvalue weighted by Crippen LogP contribution is -2.37. The van der Waals surface area contributed by atoms with E-state index in [1.54, 1.807) is 18.2 Å². The summed E-state index contributed by atoms with van der Waals surface area (Å²) in [5, 5.41) is 9.90. The van der Waals surface area contributed by atoms with E-state index in [9.17, 15) is 4.79 Å². The Kier molecular flexibility index (Phi) is 6.15. The molecular formula is C15H19Cl2NO3. The number of aliphatic carboxylic acids is 1. The van der Waals surface area contributed by atoms with E-state index in [0.29, 0.717) is 28.3 Å². The summed E-state index contributed by atoms with van der Waals surface area (Å²) >= 11 is 11.9. The van der Waals surface area contributed by atoms with Gasteiger partial charge in [-0.25, -0.2) is 0 Å². The maximum Gasteiger partial charge on any atom is 0.303 e. The molecule has 1 saturated heterocycles. The average Bonchev–Trinajstić information content (AvgIpc) is 2.42. The Morgan fingerprint density at radius 2 is 2.05 bits per heavy atom. The zero-order valence-corrected chi connectivity index (χ0v) is 13.2. The molecular weight excluding hydrogens is 313 g/mol. The third-order valence-electron chi connectivity index (χ3n) is 3.73. The molecule has 2 rings (SSSR count). The van der Waals surface area contributed by atoms with Gasteiger partial charge in [0.05, 0.1) is 5.02 Å². The smallest absolute Gasteiger partial charge is 0.303 e. The molecule has 0 bridgehead atoms. The zero-order valence-electron chi connectivity index (χ0n) is 11.7. The normalized spacial score (nSPS) is 16.9. The summed E-state index contributed by atoms with van der Waals surface area (Å²) in [5.41, 5.74) is 0. The number of carboxylic acid groups (broad SMARTS) is 1. The second-order valence-electron chi connectivity index (χ2n) is 5.31. The predicted molar refractivity (Wildman–Crippen MR) is 83.4 cm³/mol. The molecule has 1 heterocycles. The Bertz CT molecular complexity index is 488. The molecule has 116 valence electrons. The van der Waals surface area contributed by atoms with Crippen LogP contribution in [0.3, 0.4) is 0 Å². The van der Waals surface area contributed by atoms with Crippen molar-refractivity contribution in [2.24, 2.45) is 5.92 Å². The minimum atomic E-state index is -0.700. The molecule has 0 spiro atoms. The van der Waals surface area contributed by atoms with Crippen molar-refractivity contribution in [2.45, 2.75) is 19.3 Å². The molecule has 0 radical (unpaired) electrons. The van der Waals surface area contributed by atoms with Gasteiger partial charge < -0.3 is 9.84 Å². The van der Waals surface area contributed by atoms with Crippen LogP contribution >= 0.6 is 23.2 Å². The van der Waals surface area contributed by atoms with E-state index in [4.69, 9.17) is 33.0 Å². The van der Waals surface area contributed by atoms with Gasteiger partial charge in [0.15, 0.2) is 0 Å². The number of piperidine rings is 1. The first-order valence-corrected chi connectivity index (χ1v) is 7.82. The first-order valence-electron chi connectivity index (χ1n) is 7.06. The van der Waals surface area contributed by atoms with Gasteiger partial charge in [-0.05, 0) is 50.0 Å². The summed E-state index contributed by atoms with van der Waals surface area (Å²) in [6.07, 6.45) is 2.16. The van der Waals surface area contributed by atoms with Crippen LogP contribution in [0.1, 0.15) is 19.3 Å². The molecule has 6 heteroatoms. The number of ether oxygens (including phenoxy) is 1. The van der Waals surface area contributed by atoms with E-state index in [0.717, 1.165) is 32.5 Å². The van der Waals surface area contributed by atoms with Crippen LogP contribution in [0.25, 0.3) is 0 Å². The van der Waals surface area contributed by atoms with Gasteiger partial charge in [0.25, 0.3) is 0 Å². The number of hydrogen-bond donors (Lipinski definition) is 1. The number of hydrogen-bond acceptors (Lipinski definition) is 3. The second-order valence-corrected chi connectivity index (χ2v) is 6.15. The molecule has 1 aromatic rings. The second kappa shape index (κ2) is 7.87. The number of carbonyl (C=O) groups is 1. The average molecular weight is 332 g/mol. The van der Waals surface area contributed by atoms with Crippen molar-refractivity contribution in [1.82, 2.24) is 4.90 Å². The Hall–Kier alpha value is -0.970. The number of benzene rings is 1. The van der Waals surface area contributed by atoms with Gasteiger partial charge in [0, 0.05) is 18.0 Å². The highest BCUT2D eigenvalue weighted by atomic mass is 35.5. The third-order valence-corrected chi connectivity index (χ3v) is 4.26. The number of rotatable bonds is 6. The van der Waals surface area contributed by atoms with Crippen LogP contribution in [0.2, 0.25) is 10.0 Å². The van der Waals surface area contributed by atoms with Crippen LogP contribution in [0.4, 0.5) is 0 Å². The van der Waals surface area contributed by atoms with Gasteiger partial charge in [-0.1, -0.05) is 23.2 Å². The number of carboxylic acids is 1. The van der Waals surface area contributed by atoms with Crippen LogP contribution < -0.4 is 4.74 Å². The van der Waals surface area contributed by atoms with Gasteiger partial charge >= 0.3 is 5.97 Å². The van der Waals surface area contributed by atoms with Gasteiger partial charge in [-0.3, -0.25) is 9.69 Å². The summed E-state index contributed by atoms with van der Waals surface area (Å²) in [7, 11) is 0. The van der Waals surface area contributed by atoms with Crippen molar-refractivity contribution in [3.8, 4) is 5.75 Å². The van der Waals surface area contributed by atoms with Crippen LogP contribution in [-0.4, -0.2) is 42.2 Å². The Labute approximate surface area is 134 Å². The van der Waals surface area contributed by atoms with Gasteiger partial charge in [0.1, 0.15) is 12.4 Å². The molecule has 1 aliphatic rings. The van der Waals surface area contributed by atoms with E-state index < -0.39 is 5.97 Å². The van der Waals surface area contributed by atoms with E-state index in [2.05, 4.69) is 4.90 Å². The molecule has 21 heavy (non-hydrogen) atoms. The lowest BCUT2D eigenvalue weighted by Gasteiger charge is -2.31. The minimum absolute atomic E-state index is 0.282. The lowest BCUT2D eigenvalue weighted by atomic mass is 9.94. The monoisotopic (exact) mass is 331 g/mol. The fourth-order valence-corrected chi connectivity index (χ4v) is 3.00. The van der Waals surface area contributed by atoms with Crippen LogP contribution in [0.5, 0.6) is 5.75 Å². The molecule has 0 aromatic heterocycles. The maximum absolute atomic E-state index is 10.7. The van der Waals surface area contributed by atoms with E-state index >= 15 is 0 Å². The van der Waals surface area contributed by atoms with Gasteiger partial charge in [-0.15, -0.1) is 0 Å². The highest BCUT2D eigenvalue weighted by molar-refractivity contribution is 6.35. The maximum atomic E-state index is 10.7. The van der Waals surface area contributed by atoms with Gasteiger partial charge in [0.2, 0.25) is 0 Å². The van der Waals surface area contributed by atoms with Crippen molar-refractivity contribution in [3.63, 3.8) is 0 Å². The number of halogens is 2. The summed E-state index contributed by atoms with van der Waals surface area (Å²) in [6, 6.07) is 5.18. The fraction of sp³-hybridized carbons (Fsp3) is 0.533. The van der Waals surface area contributed by atoms with Crippen molar-refractivity contribution >= 4 is 29.2 Å². The lowest BCUT2D eigenvalue weighted by molar-refractivity contribution is -0.138. The molecule has 0 unspecified atom stereocenters. The molecule has 0 amide bonds. The topological polar surface area (TPSA) is 49.8 Å². The number of nitrogens with zero attached hydrogens (tertiary/aromatic N) is 1. The summed E-state index contributed by atoms with van der Waals surface area (Å²) < 4.78 is 5.66.